The topological polar surface area (TPSA) is 75.2 Å². The fraction of sp³-hybridized carbons (Fsp3) is 0.500. The molecule has 1 aliphatic heterocycles. The first-order chi connectivity index (χ1) is 8.31. The van der Waals surface area contributed by atoms with E-state index in [9.17, 15) is 0 Å². The van der Waals surface area contributed by atoms with Crippen LogP contribution in [-0.4, -0.2) is 42.2 Å². The number of nitriles is 1. The average Bonchev–Trinajstić information content (AvgIpc) is 2.39. The van der Waals surface area contributed by atoms with Gasteiger partial charge in [-0.3, -0.25) is 4.90 Å². The lowest BCUT2D eigenvalue weighted by atomic mass is 10.2. The van der Waals surface area contributed by atoms with Gasteiger partial charge in [-0.1, -0.05) is 0 Å². The summed E-state index contributed by atoms with van der Waals surface area (Å²) >= 11 is 0. The Morgan fingerprint density at radius 3 is 3.29 bits per heavy atom. The molecule has 17 heavy (non-hydrogen) atoms. The Bertz CT molecular complexity index is 415. The van der Waals surface area contributed by atoms with Crippen molar-refractivity contribution < 1.29 is 4.74 Å². The van der Waals surface area contributed by atoms with Gasteiger partial charge in [-0.2, -0.15) is 5.26 Å². The maximum Gasteiger partial charge on any atom is 0.140 e. The Balaban J connectivity index is 1.98. The molecule has 0 aliphatic carbocycles. The molecule has 1 atom stereocenters. The number of morpholine rings is 1. The second-order valence-corrected chi connectivity index (χ2v) is 4.12. The minimum Gasteiger partial charge on any atom is -0.374 e. The SMILES string of the molecule is N#Cc1cc(CN2CCOC(CN)C2)ccn1. The first-order valence-electron chi connectivity index (χ1n) is 5.71. The van der Waals surface area contributed by atoms with Crippen LogP contribution in [-0.2, 0) is 11.3 Å². The average molecular weight is 232 g/mol. The number of nitrogens with two attached hydrogens (primary N) is 1. The van der Waals surface area contributed by atoms with Crippen molar-refractivity contribution in [2.24, 2.45) is 5.73 Å². The molecule has 5 heteroatoms. The summed E-state index contributed by atoms with van der Waals surface area (Å²) in [6.45, 7) is 3.84. The third-order valence-corrected chi connectivity index (χ3v) is 2.83. The number of aromatic nitrogens is 1. The molecule has 0 saturated carbocycles. The van der Waals surface area contributed by atoms with Gasteiger partial charge in [0.15, 0.2) is 0 Å². The van der Waals surface area contributed by atoms with Crippen molar-refractivity contribution in [1.29, 1.82) is 5.26 Å². The third-order valence-electron chi connectivity index (χ3n) is 2.83. The van der Waals surface area contributed by atoms with E-state index in [-0.39, 0.29) is 6.10 Å². The van der Waals surface area contributed by atoms with Crippen LogP contribution < -0.4 is 5.73 Å². The number of ether oxygens (including phenoxy) is 1. The molecule has 0 amide bonds. The molecule has 2 N–H and O–H groups in total. The highest BCUT2D eigenvalue weighted by atomic mass is 16.5. The van der Waals surface area contributed by atoms with Crippen LogP contribution in [0.5, 0.6) is 0 Å². The Morgan fingerprint density at radius 1 is 1.65 bits per heavy atom. The smallest absolute Gasteiger partial charge is 0.140 e. The summed E-state index contributed by atoms with van der Waals surface area (Å²) < 4.78 is 5.51. The number of hydrogen-bond acceptors (Lipinski definition) is 5. The van der Waals surface area contributed by atoms with E-state index in [0.29, 0.717) is 12.2 Å². The van der Waals surface area contributed by atoms with Crippen molar-refractivity contribution in [3.05, 3.63) is 29.6 Å². The normalized spacial score (nSPS) is 21.1. The highest BCUT2D eigenvalue weighted by Crippen LogP contribution is 2.10. The van der Waals surface area contributed by atoms with Crippen molar-refractivity contribution in [2.45, 2.75) is 12.6 Å². The molecule has 2 heterocycles. The van der Waals surface area contributed by atoms with Crippen LogP contribution in [0.3, 0.4) is 0 Å². The van der Waals surface area contributed by atoms with Crippen molar-refractivity contribution in [3.8, 4) is 6.07 Å². The molecule has 2 rings (SSSR count). The zero-order valence-electron chi connectivity index (χ0n) is 9.67. The van der Waals surface area contributed by atoms with Gasteiger partial charge in [0.05, 0.1) is 12.7 Å². The molecular formula is C12H16N4O. The van der Waals surface area contributed by atoms with Gasteiger partial charge in [0.25, 0.3) is 0 Å². The van der Waals surface area contributed by atoms with Crippen LogP contribution >= 0.6 is 0 Å². The molecule has 0 aromatic carbocycles. The number of pyridine rings is 1. The van der Waals surface area contributed by atoms with Gasteiger partial charge >= 0.3 is 0 Å². The largest absolute Gasteiger partial charge is 0.374 e. The molecule has 1 unspecified atom stereocenters. The maximum absolute atomic E-state index is 8.79. The zero-order chi connectivity index (χ0) is 12.1. The van der Waals surface area contributed by atoms with E-state index in [1.807, 2.05) is 12.1 Å². The zero-order valence-corrected chi connectivity index (χ0v) is 9.67. The molecule has 0 radical (unpaired) electrons. The van der Waals surface area contributed by atoms with Gasteiger partial charge in [-0.25, -0.2) is 4.98 Å². The summed E-state index contributed by atoms with van der Waals surface area (Å²) in [5, 5.41) is 8.79. The number of hydrogen-bond donors (Lipinski definition) is 1. The molecule has 5 nitrogen and oxygen atoms in total. The summed E-state index contributed by atoms with van der Waals surface area (Å²) in [6, 6.07) is 5.81. The highest BCUT2D eigenvalue weighted by molar-refractivity contribution is 5.25. The van der Waals surface area contributed by atoms with Gasteiger partial charge in [-0.05, 0) is 17.7 Å². The van der Waals surface area contributed by atoms with Crippen molar-refractivity contribution >= 4 is 0 Å². The second kappa shape index (κ2) is 5.73. The van der Waals surface area contributed by atoms with Gasteiger partial charge in [0.2, 0.25) is 0 Å². The quantitative estimate of drug-likeness (QED) is 0.800. The fourth-order valence-corrected chi connectivity index (χ4v) is 1.96. The molecule has 90 valence electrons. The van der Waals surface area contributed by atoms with Crippen LogP contribution in [0.1, 0.15) is 11.3 Å². The van der Waals surface area contributed by atoms with Crippen LogP contribution in [0.4, 0.5) is 0 Å². The summed E-state index contributed by atoms with van der Waals surface area (Å²) in [4.78, 5) is 6.25. The van der Waals surface area contributed by atoms with E-state index < -0.39 is 0 Å². The van der Waals surface area contributed by atoms with Crippen LogP contribution in [0.15, 0.2) is 18.3 Å². The minimum absolute atomic E-state index is 0.126. The van der Waals surface area contributed by atoms with Crippen molar-refractivity contribution in [1.82, 2.24) is 9.88 Å². The van der Waals surface area contributed by atoms with E-state index in [1.54, 1.807) is 6.20 Å². The predicted molar refractivity (Wildman–Crippen MR) is 63.0 cm³/mol. The number of nitrogens with zero attached hydrogens (tertiary/aromatic N) is 3. The predicted octanol–water partition coefficient (Wildman–Crippen LogP) is 0.113. The van der Waals surface area contributed by atoms with Crippen molar-refractivity contribution in [2.75, 3.05) is 26.2 Å². The summed E-state index contributed by atoms with van der Waals surface area (Å²) in [7, 11) is 0. The summed E-state index contributed by atoms with van der Waals surface area (Å²) in [6.07, 6.45) is 1.80. The lowest BCUT2D eigenvalue weighted by Gasteiger charge is -2.32. The molecule has 1 aromatic heterocycles. The summed E-state index contributed by atoms with van der Waals surface area (Å²) in [5.41, 5.74) is 7.17. The Labute approximate surface area is 101 Å². The fourth-order valence-electron chi connectivity index (χ4n) is 1.96. The van der Waals surface area contributed by atoms with Gasteiger partial charge in [0.1, 0.15) is 11.8 Å². The van der Waals surface area contributed by atoms with Crippen molar-refractivity contribution in [3.63, 3.8) is 0 Å². The van der Waals surface area contributed by atoms with Crippen LogP contribution in [0, 0.1) is 11.3 Å². The lowest BCUT2D eigenvalue weighted by Crippen LogP contribution is -2.45. The highest BCUT2D eigenvalue weighted by Gasteiger charge is 2.19. The molecule has 1 saturated heterocycles. The summed E-state index contributed by atoms with van der Waals surface area (Å²) in [5.74, 6) is 0. The monoisotopic (exact) mass is 232 g/mol. The Morgan fingerprint density at radius 2 is 2.53 bits per heavy atom. The molecule has 0 bridgehead atoms. The molecule has 0 spiro atoms. The first kappa shape index (κ1) is 12.0. The number of rotatable bonds is 3. The first-order valence-corrected chi connectivity index (χ1v) is 5.71. The molecule has 1 aliphatic rings. The minimum atomic E-state index is 0.126. The maximum atomic E-state index is 8.79. The van der Waals surface area contributed by atoms with E-state index in [2.05, 4.69) is 16.0 Å². The van der Waals surface area contributed by atoms with E-state index in [0.717, 1.165) is 31.8 Å². The Hall–Kier alpha value is -1.48. The van der Waals surface area contributed by atoms with Gasteiger partial charge < -0.3 is 10.5 Å². The Kier molecular flexibility index (Phi) is 4.04. The van der Waals surface area contributed by atoms with Crippen LogP contribution in [0.25, 0.3) is 0 Å². The van der Waals surface area contributed by atoms with E-state index in [1.165, 1.54) is 0 Å². The molecule has 1 fully saturated rings. The standard InChI is InChI=1S/C12H16N4O/c13-6-11-5-10(1-2-15-11)8-16-3-4-17-12(7-14)9-16/h1-2,5,12H,3-4,7-9,14H2. The van der Waals surface area contributed by atoms with E-state index >= 15 is 0 Å². The lowest BCUT2D eigenvalue weighted by molar-refractivity contribution is -0.0260. The van der Waals surface area contributed by atoms with Gasteiger partial charge in [-0.15, -0.1) is 0 Å². The molecular weight excluding hydrogens is 216 g/mol. The second-order valence-electron chi connectivity index (χ2n) is 4.12. The third kappa shape index (κ3) is 3.24. The molecule has 1 aromatic rings. The van der Waals surface area contributed by atoms with E-state index in [4.69, 9.17) is 15.7 Å². The van der Waals surface area contributed by atoms with Crippen LogP contribution in [0.2, 0.25) is 0 Å². The van der Waals surface area contributed by atoms with Gasteiger partial charge in [0, 0.05) is 32.4 Å².